The van der Waals surface area contributed by atoms with E-state index in [0.717, 1.165) is 16.1 Å². The highest BCUT2D eigenvalue weighted by Gasteiger charge is 2.29. The molecule has 1 atom stereocenters. The fourth-order valence-electron chi connectivity index (χ4n) is 2.60. The molecule has 9 heteroatoms. The van der Waals surface area contributed by atoms with Crippen LogP contribution in [0.2, 0.25) is 10.0 Å². The van der Waals surface area contributed by atoms with Crippen molar-refractivity contribution in [3.05, 3.63) is 58.1 Å². The number of ether oxygens (including phenoxy) is 1. The second-order valence-corrected chi connectivity index (χ2v) is 9.05. The molecule has 0 aliphatic carbocycles. The molecule has 0 radical (unpaired) electrons. The first kappa shape index (κ1) is 22.3. The van der Waals surface area contributed by atoms with Crippen molar-refractivity contribution in [2.45, 2.75) is 19.9 Å². The minimum Gasteiger partial charge on any atom is -0.492 e. The number of hydrogen-bond acceptors (Lipinski definition) is 4. The number of sulfonamides is 1. The van der Waals surface area contributed by atoms with E-state index in [2.05, 4.69) is 5.32 Å². The molecule has 1 N–H and O–H groups in total. The lowest BCUT2D eigenvalue weighted by Gasteiger charge is -2.28. The van der Waals surface area contributed by atoms with Gasteiger partial charge in [0, 0.05) is 10.0 Å². The summed E-state index contributed by atoms with van der Waals surface area (Å²) in [5.74, 6) is 0.230. The number of amides is 1. The lowest BCUT2D eigenvalue weighted by Crippen LogP contribution is -2.48. The van der Waals surface area contributed by atoms with Gasteiger partial charge in [0.25, 0.3) is 0 Å². The van der Waals surface area contributed by atoms with Crippen molar-refractivity contribution in [3.63, 3.8) is 0 Å². The summed E-state index contributed by atoms with van der Waals surface area (Å²) >= 11 is 12.0. The first-order chi connectivity index (χ1) is 13.1. The van der Waals surface area contributed by atoms with E-state index in [1.165, 1.54) is 25.1 Å². The van der Waals surface area contributed by atoms with Gasteiger partial charge in [0.1, 0.15) is 18.4 Å². The molecule has 0 saturated heterocycles. The van der Waals surface area contributed by atoms with Gasteiger partial charge in [-0.1, -0.05) is 40.9 Å². The van der Waals surface area contributed by atoms with E-state index < -0.39 is 22.0 Å². The summed E-state index contributed by atoms with van der Waals surface area (Å²) in [5.41, 5.74) is 1.34. The Kier molecular flexibility index (Phi) is 7.57. The second-order valence-electron chi connectivity index (χ2n) is 6.31. The van der Waals surface area contributed by atoms with Crippen LogP contribution in [0.3, 0.4) is 0 Å². The Balaban J connectivity index is 2.02. The predicted octanol–water partition coefficient (Wildman–Crippen LogP) is 3.65. The van der Waals surface area contributed by atoms with Gasteiger partial charge >= 0.3 is 0 Å². The zero-order chi connectivity index (χ0) is 20.9. The molecular formula is C19H22Cl2N2O4S. The maximum absolute atomic E-state index is 12.5. The first-order valence-electron chi connectivity index (χ1n) is 8.50. The molecule has 0 bridgehead atoms. The summed E-state index contributed by atoms with van der Waals surface area (Å²) in [5, 5.41) is 3.23. The van der Waals surface area contributed by atoms with Crippen LogP contribution in [-0.2, 0) is 14.8 Å². The van der Waals surface area contributed by atoms with Gasteiger partial charge in [-0.2, -0.15) is 0 Å². The Morgan fingerprint density at radius 2 is 1.71 bits per heavy atom. The van der Waals surface area contributed by atoms with Crippen LogP contribution in [0.1, 0.15) is 12.5 Å². The lowest BCUT2D eigenvalue weighted by molar-refractivity contribution is -0.121. The topological polar surface area (TPSA) is 75.7 Å². The van der Waals surface area contributed by atoms with Gasteiger partial charge in [0.2, 0.25) is 15.9 Å². The number of rotatable bonds is 8. The standard InChI is InChI=1S/C19H22Cl2N2O4S/c1-13-4-6-18(7-5-13)27-9-8-22-19(24)14(2)23(28(3,25)26)17-11-15(20)10-16(21)12-17/h4-7,10-12,14H,8-9H2,1-3H3,(H,22,24). The number of benzene rings is 2. The number of carbonyl (C=O) groups is 1. The Bertz CT molecular complexity index is 913. The van der Waals surface area contributed by atoms with Gasteiger partial charge in [-0.05, 0) is 44.2 Å². The molecule has 1 unspecified atom stereocenters. The zero-order valence-electron chi connectivity index (χ0n) is 15.8. The third-order valence-corrected chi connectivity index (χ3v) is 5.56. The molecule has 28 heavy (non-hydrogen) atoms. The largest absolute Gasteiger partial charge is 0.492 e. The van der Waals surface area contributed by atoms with Crippen molar-refractivity contribution < 1.29 is 17.9 Å². The van der Waals surface area contributed by atoms with E-state index in [4.69, 9.17) is 27.9 Å². The van der Waals surface area contributed by atoms with Crippen molar-refractivity contribution >= 4 is 44.8 Å². The molecule has 2 aromatic rings. The zero-order valence-corrected chi connectivity index (χ0v) is 18.1. The number of nitrogens with one attached hydrogen (secondary N) is 1. The van der Waals surface area contributed by atoms with Gasteiger partial charge in [0.15, 0.2) is 0 Å². The second kappa shape index (κ2) is 9.49. The van der Waals surface area contributed by atoms with Crippen LogP contribution in [0, 0.1) is 6.92 Å². The van der Waals surface area contributed by atoms with E-state index in [-0.39, 0.29) is 28.9 Å². The van der Waals surface area contributed by atoms with Crippen molar-refractivity contribution in [1.29, 1.82) is 0 Å². The molecule has 0 aliphatic rings. The summed E-state index contributed by atoms with van der Waals surface area (Å²) in [6.45, 7) is 3.95. The Morgan fingerprint density at radius 3 is 2.25 bits per heavy atom. The fraction of sp³-hybridized carbons (Fsp3) is 0.316. The van der Waals surface area contributed by atoms with Crippen molar-refractivity contribution in [2.24, 2.45) is 0 Å². The average Bonchev–Trinajstić information content (AvgIpc) is 2.58. The van der Waals surface area contributed by atoms with E-state index in [1.807, 2.05) is 31.2 Å². The van der Waals surface area contributed by atoms with Crippen molar-refractivity contribution in [3.8, 4) is 5.75 Å². The molecule has 0 saturated carbocycles. The number of aryl methyl sites for hydroxylation is 1. The molecule has 0 fully saturated rings. The maximum Gasteiger partial charge on any atom is 0.243 e. The predicted molar refractivity (Wildman–Crippen MR) is 113 cm³/mol. The minimum atomic E-state index is -3.75. The molecule has 0 aliphatic heterocycles. The lowest BCUT2D eigenvalue weighted by atomic mass is 10.2. The smallest absolute Gasteiger partial charge is 0.243 e. The van der Waals surface area contributed by atoms with Gasteiger partial charge in [0.05, 0.1) is 18.5 Å². The number of nitrogens with zero attached hydrogens (tertiary/aromatic N) is 1. The van der Waals surface area contributed by atoms with Gasteiger partial charge in [-0.15, -0.1) is 0 Å². The Morgan fingerprint density at radius 1 is 1.14 bits per heavy atom. The van der Waals surface area contributed by atoms with E-state index in [9.17, 15) is 13.2 Å². The van der Waals surface area contributed by atoms with Gasteiger partial charge in [-0.25, -0.2) is 8.42 Å². The van der Waals surface area contributed by atoms with Crippen molar-refractivity contribution in [1.82, 2.24) is 5.32 Å². The number of halogens is 2. The van der Waals surface area contributed by atoms with Crippen LogP contribution in [0.25, 0.3) is 0 Å². The molecule has 1 amide bonds. The van der Waals surface area contributed by atoms with E-state index in [1.54, 1.807) is 0 Å². The third kappa shape index (κ3) is 6.29. The van der Waals surface area contributed by atoms with E-state index >= 15 is 0 Å². The maximum atomic E-state index is 12.5. The Hall–Kier alpha value is -1.96. The molecule has 0 spiro atoms. The van der Waals surface area contributed by atoms with Gasteiger partial charge < -0.3 is 10.1 Å². The van der Waals surface area contributed by atoms with Crippen LogP contribution in [0.5, 0.6) is 5.75 Å². The number of hydrogen-bond donors (Lipinski definition) is 1. The van der Waals surface area contributed by atoms with Crippen LogP contribution < -0.4 is 14.4 Å². The monoisotopic (exact) mass is 444 g/mol. The third-order valence-electron chi connectivity index (χ3n) is 3.88. The molecule has 152 valence electrons. The number of carbonyl (C=O) groups excluding carboxylic acids is 1. The SMILES string of the molecule is Cc1ccc(OCCNC(=O)C(C)N(c2cc(Cl)cc(Cl)c2)S(C)(=O)=O)cc1. The molecular weight excluding hydrogens is 423 g/mol. The summed E-state index contributed by atoms with van der Waals surface area (Å²) in [6.07, 6.45) is 1.02. The van der Waals surface area contributed by atoms with Crippen LogP contribution in [0.15, 0.2) is 42.5 Å². The Labute approximate surface area is 175 Å². The highest BCUT2D eigenvalue weighted by atomic mass is 35.5. The highest BCUT2D eigenvalue weighted by Crippen LogP contribution is 2.28. The number of anilines is 1. The quantitative estimate of drug-likeness (QED) is 0.630. The van der Waals surface area contributed by atoms with Crippen LogP contribution in [-0.4, -0.2) is 39.8 Å². The van der Waals surface area contributed by atoms with Crippen LogP contribution in [0.4, 0.5) is 5.69 Å². The van der Waals surface area contributed by atoms with E-state index in [0.29, 0.717) is 5.75 Å². The molecule has 2 aromatic carbocycles. The summed E-state index contributed by atoms with van der Waals surface area (Å²) in [6, 6.07) is 10.9. The highest BCUT2D eigenvalue weighted by molar-refractivity contribution is 7.92. The molecule has 6 nitrogen and oxygen atoms in total. The van der Waals surface area contributed by atoms with Crippen molar-refractivity contribution in [2.75, 3.05) is 23.7 Å². The summed E-state index contributed by atoms with van der Waals surface area (Å²) < 4.78 is 31.1. The normalized spacial score (nSPS) is 12.3. The summed E-state index contributed by atoms with van der Waals surface area (Å²) in [4.78, 5) is 12.5. The molecule has 0 aromatic heterocycles. The fourth-order valence-corrected chi connectivity index (χ4v) is 4.27. The van der Waals surface area contributed by atoms with Crippen LogP contribution >= 0.6 is 23.2 Å². The van der Waals surface area contributed by atoms with Gasteiger partial charge in [-0.3, -0.25) is 9.10 Å². The molecule has 0 heterocycles. The first-order valence-corrected chi connectivity index (χ1v) is 11.1. The minimum absolute atomic E-state index is 0.221. The average molecular weight is 445 g/mol. The molecule has 2 rings (SSSR count). The summed E-state index contributed by atoms with van der Waals surface area (Å²) in [7, 11) is -3.75.